The predicted octanol–water partition coefficient (Wildman–Crippen LogP) is -2.10. The van der Waals surface area contributed by atoms with Gasteiger partial charge >= 0.3 is 183 Å². The molecule has 0 fully saturated rings. The normalized spacial score (nSPS) is 22.3. The number of hydrogen-bond acceptors (Lipinski definition) is 2. The van der Waals surface area contributed by atoms with Crippen LogP contribution in [0.4, 0.5) is 0 Å². The van der Waals surface area contributed by atoms with Gasteiger partial charge in [-0.1, -0.05) is 0 Å². The Balaban J connectivity index is 0.00000160. The van der Waals surface area contributed by atoms with Crippen molar-refractivity contribution in [2.45, 2.75) is 59.2 Å². The van der Waals surface area contributed by atoms with E-state index < -0.39 is 23.5 Å². The molecule has 0 bridgehead atoms. The maximum atomic E-state index is 13.9. The van der Waals surface area contributed by atoms with E-state index in [-0.39, 0.29) is 24.8 Å². The van der Waals surface area contributed by atoms with Gasteiger partial charge in [-0.3, -0.25) is 0 Å². The van der Waals surface area contributed by atoms with E-state index in [1.807, 2.05) is 0 Å². The molecule has 4 rings (SSSR count). The molecule has 1 aromatic carbocycles. The zero-order chi connectivity index (χ0) is 20.8. The predicted molar refractivity (Wildman–Crippen MR) is 121 cm³/mol. The SMILES string of the molecule is CC[Si](C)(C)[Si]1(C)C2=C1[C]([Ti+2])=C1C(C)=c3cccc(O[Si](C)(C)C)c3=C1C2=O.[Cl-].[Cl-]. The maximum absolute atomic E-state index is 13.9. The van der Waals surface area contributed by atoms with Gasteiger partial charge in [-0.25, -0.2) is 0 Å². The summed E-state index contributed by atoms with van der Waals surface area (Å²) in [5.74, 6) is 1.23. The molecule has 3 aliphatic rings. The van der Waals surface area contributed by atoms with Crippen molar-refractivity contribution in [3.63, 3.8) is 0 Å². The molecule has 2 aliphatic carbocycles. The molecule has 0 radical (unpaired) electrons. The number of halogens is 2. The van der Waals surface area contributed by atoms with Crippen molar-refractivity contribution in [1.29, 1.82) is 0 Å². The molecule has 1 atom stereocenters. The smallest absolute Gasteiger partial charge is 1.00 e. The molecule has 0 N–H and O–H groups in total. The molecule has 1 heterocycles. The fourth-order valence-corrected chi connectivity index (χ4v) is 21.0. The molecule has 0 saturated carbocycles. The third kappa shape index (κ3) is 3.40. The first-order chi connectivity index (χ1) is 12.9. The second-order valence-corrected chi connectivity index (χ2v) is 30.1. The summed E-state index contributed by atoms with van der Waals surface area (Å²) in [4.78, 5) is 13.9. The van der Waals surface area contributed by atoms with Crippen LogP contribution in [-0.2, 0) is 25.2 Å². The summed E-state index contributed by atoms with van der Waals surface area (Å²) in [5.41, 5.74) is 3.40. The summed E-state index contributed by atoms with van der Waals surface area (Å²) >= 11 is 2.27. The molecule has 159 valence electrons. The molecule has 30 heavy (non-hydrogen) atoms. The standard InChI is InChI=1S/C22H29O2Si3.2ClH.Ti/c1-9-26(6,7)27(8)18-13-16-14(2)15-11-10-12-17(24-25(3,4)5)19(15)20(16)21(23)22(18)27;;;/h10-12H,9H2,1-8H3;2*1H;/q;;;+2/p-2. The Hall–Kier alpha value is -0.145. The minimum absolute atomic E-state index is 0. The summed E-state index contributed by atoms with van der Waals surface area (Å²) in [6.07, 6.45) is 0. The van der Waals surface area contributed by atoms with Crippen molar-refractivity contribution < 1.29 is 54.5 Å². The maximum Gasteiger partial charge on any atom is -1.00 e. The molecule has 0 aromatic heterocycles. The number of fused-ring (bicyclic) bond motifs is 2. The summed E-state index contributed by atoms with van der Waals surface area (Å²) in [6.45, 7) is 18.6. The zero-order valence-electron chi connectivity index (χ0n) is 19.0. The average Bonchev–Trinajstić information content (AvgIpc) is 3.13. The van der Waals surface area contributed by atoms with E-state index in [9.17, 15) is 4.79 Å². The monoisotopic (exact) mass is 527 g/mol. The quantitative estimate of drug-likeness (QED) is 0.419. The second kappa shape index (κ2) is 8.01. The van der Waals surface area contributed by atoms with Crippen LogP contribution in [0.3, 0.4) is 0 Å². The number of benzene rings is 1. The Kier molecular flexibility index (Phi) is 6.97. The van der Waals surface area contributed by atoms with Gasteiger partial charge in [0.25, 0.3) is 0 Å². The van der Waals surface area contributed by atoms with Gasteiger partial charge in [0.05, 0.1) is 0 Å². The third-order valence-corrected chi connectivity index (χ3v) is 27.0. The summed E-state index contributed by atoms with van der Waals surface area (Å²) < 4.78 is 7.84. The van der Waals surface area contributed by atoms with Crippen LogP contribution >= 0.6 is 0 Å². The minimum atomic E-state index is -1.78. The van der Waals surface area contributed by atoms with E-state index >= 15 is 0 Å². The molecule has 1 aliphatic heterocycles. The van der Waals surface area contributed by atoms with Crippen LogP contribution in [0.5, 0.6) is 5.75 Å². The van der Waals surface area contributed by atoms with Gasteiger partial charge < -0.3 is 24.8 Å². The summed E-state index contributed by atoms with van der Waals surface area (Å²) in [6, 6.07) is 7.53. The van der Waals surface area contributed by atoms with Crippen LogP contribution < -0.4 is 39.7 Å². The number of Topliss-reactive ketones (excluding diaryl/α,β-unsaturated/α-hetero) is 1. The van der Waals surface area contributed by atoms with E-state index in [2.05, 4.69) is 91.8 Å². The first-order valence-electron chi connectivity index (χ1n) is 10.2. The molecule has 8 heteroatoms. The van der Waals surface area contributed by atoms with Gasteiger partial charge in [-0.15, -0.1) is 0 Å². The van der Waals surface area contributed by atoms with Gasteiger partial charge in [0, 0.05) is 0 Å². The van der Waals surface area contributed by atoms with Crippen LogP contribution in [0, 0.1) is 0 Å². The molecular formula is C22H29Cl2O2Si3Ti. The number of hydrogen-bond donors (Lipinski definition) is 0. The largest absolute Gasteiger partial charge is 1.00 e. The van der Waals surface area contributed by atoms with E-state index in [4.69, 9.17) is 4.43 Å². The van der Waals surface area contributed by atoms with Crippen LogP contribution in [0.2, 0.25) is 45.3 Å². The molecule has 0 spiro atoms. The van der Waals surface area contributed by atoms with Crippen molar-refractivity contribution in [1.82, 2.24) is 0 Å². The Labute approximate surface area is 207 Å². The first-order valence-corrected chi connectivity index (χ1v) is 21.1. The number of allylic oxidation sites excluding steroid dienone is 4. The van der Waals surface area contributed by atoms with E-state index in [0.717, 1.165) is 16.5 Å². The third-order valence-electron chi connectivity index (χ3n) is 7.10. The molecule has 1 aromatic rings. The van der Waals surface area contributed by atoms with Gasteiger partial charge in [0.15, 0.2) is 0 Å². The number of carbonyl (C=O) groups is 1. The van der Waals surface area contributed by atoms with Gasteiger partial charge in [0.1, 0.15) is 0 Å². The topological polar surface area (TPSA) is 26.3 Å². The zero-order valence-corrected chi connectivity index (χ0v) is 25.1. The number of carbonyl (C=O) groups excluding carboxylic acids is 1. The molecular weight excluding hydrogens is 499 g/mol. The van der Waals surface area contributed by atoms with E-state index in [1.165, 1.54) is 36.7 Å². The summed E-state index contributed by atoms with van der Waals surface area (Å²) in [5, 5.41) is 4.99. The van der Waals surface area contributed by atoms with Gasteiger partial charge in [-0.05, 0) is 0 Å². The van der Waals surface area contributed by atoms with Crippen LogP contribution in [0.1, 0.15) is 13.8 Å². The minimum Gasteiger partial charge on any atom is -1.00 e. The fraction of sp³-hybridized carbons (Fsp3) is 0.409. The van der Waals surface area contributed by atoms with Crippen molar-refractivity contribution in [2.75, 3.05) is 0 Å². The molecule has 2 nitrogen and oxygen atoms in total. The molecule has 0 saturated heterocycles. The Morgan fingerprint density at radius 1 is 1.03 bits per heavy atom. The van der Waals surface area contributed by atoms with Crippen molar-refractivity contribution in [3.05, 3.63) is 48.5 Å². The van der Waals surface area contributed by atoms with Crippen molar-refractivity contribution >= 4 is 40.4 Å². The number of ketones is 1. The van der Waals surface area contributed by atoms with Crippen LogP contribution in [-0.4, -0.2) is 29.3 Å². The van der Waals surface area contributed by atoms with Crippen LogP contribution in [0.25, 0.3) is 11.1 Å². The van der Waals surface area contributed by atoms with Crippen molar-refractivity contribution in [3.8, 4) is 5.75 Å². The second-order valence-electron chi connectivity index (χ2n) is 10.1. The Morgan fingerprint density at radius 3 is 2.17 bits per heavy atom. The number of rotatable bonds is 4. The molecule has 0 amide bonds. The fourth-order valence-electron chi connectivity index (χ4n) is 4.87. The van der Waals surface area contributed by atoms with Gasteiger partial charge in [-0.2, -0.15) is 0 Å². The van der Waals surface area contributed by atoms with Gasteiger partial charge in [0.2, 0.25) is 0 Å². The van der Waals surface area contributed by atoms with Crippen molar-refractivity contribution in [2.24, 2.45) is 0 Å². The van der Waals surface area contributed by atoms with E-state index in [1.54, 1.807) is 0 Å². The Bertz CT molecular complexity index is 1150. The first kappa shape index (κ1) is 26.1. The van der Waals surface area contributed by atoms with E-state index in [0.29, 0.717) is 5.78 Å². The molecule has 1 unspecified atom stereocenters. The van der Waals surface area contributed by atoms with Crippen LogP contribution in [0.15, 0.2) is 38.0 Å². The summed E-state index contributed by atoms with van der Waals surface area (Å²) in [7, 11) is -4.95. The average molecular weight is 529 g/mol. The Morgan fingerprint density at radius 2 is 1.63 bits per heavy atom.